The van der Waals surface area contributed by atoms with E-state index in [9.17, 15) is 0 Å². The Morgan fingerprint density at radius 1 is 0.960 bits per heavy atom. The average Bonchev–Trinajstić information content (AvgIpc) is 3.12. The molecule has 0 aliphatic heterocycles. The number of halogens is 1. The van der Waals surface area contributed by atoms with Gasteiger partial charge in [0.15, 0.2) is 0 Å². The lowest BCUT2D eigenvalue weighted by Crippen LogP contribution is -1.90. The lowest BCUT2D eigenvalue weighted by Gasteiger charge is -2.03. The summed E-state index contributed by atoms with van der Waals surface area (Å²) in [7, 11) is 0. The van der Waals surface area contributed by atoms with Gasteiger partial charge in [0.2, 0.25) is 5.13 Å². The van der Waals surface area contributed by atoms with Gasteiger partial charge in [0.05, 0.1) is 11.9 Å². The molecule has 122 valence electrons. The molecule has 0 aliphatic carbocycles. The minimum atomic E-state index is 0.713. The molecular weight excluding hydrogens is 350 g/mol. The summed E-state index contributed by atoms with van der Waals surface area (Å²) in [6, 6.07) is 22.1. The SMILES string of the molecule is Clc1ccc(/C=N/Nc2nc(-c3cccc4ccccc34)cs2)cc1. The van der Waals surface area contributed by atoms with Gasteiger partial charge in [-0.15, -0.1) is 11.3 Å². The monoisotopic (exact) mass is 363 g/mol. The van der Waals surface area contributed by atoms with Crippen LogP contribution in [0.2, 0.25) is 5.02 Å². The summed E-state index contributed by atoms with van der Waals surface area (Å²) in [5.41, 5.74) is 6.04. The van der Waals surface area contributed by atoms with Gasteiger partial charge in [-0.2, -0.15) is 5.10 Å². The molecule has 0 bridgehead atoms. The second kappa shape index (κ2) is 7.05. The normalized spacial score (nSPS) is 11.2. The topological polar surface area (TPSA) is 37.3 Å². The summed E-state index contributed by atoms with van der Waals surface area (Å²) in [4.78, 5) is 4.65. The molecule has 0 saturated heterocycles. The Hall–Kier alpha value is -2.69. The van der Waals surface area contributed by atoms with Crippen LogP contribution in [0.15, 0.2) is 77.2 Å². The van der Waals surface area contributed by atoms with Crippen LogP contribution >= 0.6 is 22.9 Å². The van der Waals surface area contributed by atoms with E-state index in [0.29, 0.717) is 5.02 Å². The first kappa shape index (κ1) is 15.8. The molecule has 5 heteroatoms. The fourth-order valence-electron chi connectivity index (χ4n) is 2.61. The summed E-state index contributed by atoms with van der Waals surface area (Å²) < 4.78 is 0. The number of fused-ring (bicyclic) bond motifs is 1. The number of aromatic nitrogens is 1. The molecule has 1 N–H and O–H groups in total. The lowest BCUT2D eigenvalue weighted by atomic mass is 10.0. The molecule has 1 aromatic heterocycles. The van der Waals surface area contributed by atoms with Crippen LogP contribution in [0.3, 0.4) is 0 Å². The largest absolute Gasteiger partial charge is 0.253 e. The molecule has 0 amide bonds. The molecule has 0 saturated carbocycles. The Kier molecular flexibility index (Phi) is 4.46. The summed E-state index contributed by atoms with van der Waals surface area (Å²) in [5, 5.41) is 10.2. The van der Waals surface area contributed by atoms with E-state index in [1.165, 1.54) is 22.1 Å². The smallest absolute Gasteiger partial charge is 0.203 e. The molecule has 4 rings (SSSR count). The first-order valence-electron chi connectivity index (χ1n) is 7.78. The van der Waals surface area contributed by atoms with E-state index < -0.39 is 0 Å². The second-order valence-corrected chi connectivity index (χ2v) is 6.78. The summed E-state index contributed by atoms with van der Waals surface area (Å²) in [5.74, 6) is 0. The maximum absolute atomic E-state index is 5.88. The summed E-state index contributed by atoms with van der Waals surface area (Å²) >= 11 is 7.41. The predicted octanol–water partition coefficient (Wildman–Crippen LogP) is 6.06. The Bertz CT molecular complexity index is 1030. The standard InChI is InChI=1S/C20H14ClN3S/c21-16-10-8-14(9-11-16)12-22-24-20-23-19(13-25-20)18-7-3-5-15-4-1-2-6-17(15)18/h1-13H,(H,23,24)/b22-12+. The Morgan fingerprint density at radius 2 is 1.76 bits per heavy atom. The van der Waals surface area contributed by atoms with Gasteiger partial charge in [-0.3, -0.25) is 5.43 Å². The van der Waals surface area contributed by atoms with Crippen LogP contribution in [0.25, 0.3) is 22.0 Å². The number of hydrazone groups is 1. The minimum absolute atomic E-state index is 0.713. The zero-order chi connectivity index (χ0) is 17.1. The van der Waals surface area contributed by atoms with Crippen molar-refractivity contribution < 1.29 is 0 Å². The van der Waals surface area contributed by atoms with Gasteiger partial charge in [-0.1, -0.05) is 66.2 Å². The van der Waals surface area contributed by atoms with Crippen LogP contribution in [0.4, 0.5) is 5.13 Å². The van der Waals surface area contributed by atoms with E-state index in [0.717, 1.165) is 22.0 Å². The highest BCUT2D eigenvalue weighted by Crippen LogP contribution is 2.30. The molecule has 4 aromatic rings. The van der Waals surface area contributed by atoms with Gasteiger partial charge in [-0.25, -0.2) is 4.98 Å². The fourth-order valence-corrected chi connectivity index (χ4v) is 3.39. The maximum atomic E-state index is 5.88. The van der Waals surface area contributed by atoms with Gasteiger partial charge in [0.1, 0.15) is 0 Å². The van der Waals surface area contributed by atoms with Crippen LogP contribution in [0, 0.1) is 0 Å². The Labute approximate surface area is 154 Å². The van der Waals surface area contributed by atoms with Crippen molar-refractivity contribution in [1.82, 2.24) is 4.98 Å². The van der Waals surface area contributed by atoms with Crippen molar-refractivity contribution in [3.05, 3.63) is 82.7 Å². The van der Waals surface area contributed by atoms with Crippen molar-refractivity contribution in [2.45, 2.75) is 0 Å². The average molecular weight is 364 g/mol. The van der Waals surface area contributed by atoms with Crippen molar-refractivity contribution >= 4 is 45.1 Å². The quantitative estimate of drug-likeness (QED) is 0.353. The molecule has 1 heterocycles. The van der Waals surface area contributed by atoms with Crippen molar-refractivity contribution in [3.63, 3.8) is 0 Å². The van der Waals surface area contributed by atoms with E-state index in [4.69, 9.17) is 11.6 Å². The zero-order valence-electron chi connectivity index (χ0n) is 13.2. The second-order valence-electron chi connectivity index (χ2n) is 5.49. The molecule has 0 aliphatic rings. The van der Waals surface area contributed by atoms with E-state index in [-0.39, 0.29) is 0 Å². The summed E-state index contributed by atoms with van der Waals surface area (Å²) in [6.45, 7) is 0. The van der Waals surface area contributed by atoms with Crippen LogP contribution in [-0.2, 0) is 0 Å². The van der Waals surface area contributed by atoms with Crippen molar-refractivity contribution in [1.29, 1.82) is 0 Å². The number of benzene rings is 3. The third-order valence-electron chi connectivity index (χ3n) is 3.81. The van der Waals surface area contributed by atoms with Gasteiger partial charge in [0.25, 0.3) is 0 Å². The van der Waals surface area contributed by atoms with E-state index in [1.54, 1.807) is 6.21 Å². The number of hydrogen-bond donors (Lipinski definition) is 1. The van der Waals surface area contributed by atoms with Gasteiger partial charge < -0.3 is 0 Å². The molecule has 0 radical (unpaired) electrons. The van der Waals surface area contributed by atoms with Crippen LogP contribution in [0.1, 0.15) is 5.56 Å². The highest BCUT2D eigenvalue weighted by Gasteiger charge is 2.07. The van der Waals surface area contributed by atoms with E-state index >= 15 is 0 Å². The highest BCUT2D eigenvalue weighted by molar-refractivity contribution is 7.14. The zero-order valence-corrected chi connectivity index (χ0v) is 14.8. The Morgan fingerprint density at radius 3 is 2.64 bits per heavy atom. The molecule has 25 heavy (non-hydrogen) atoms. The van der Waals surface area contributed by atoms with E-state index in [1.807, 2.05) is 41.8 Å². The number of thiazole rings is 1. The predicted molar refractivity (Wildman–Crippen MR) is 108 cm³/mol. The first-order valence-corrected chi connectivity index (χ1v) is 9.04. The third-order valence-corrected chi connectivity index (χ3v) is 4.81. The minimum Gasteiger partial charge on any atom is -0.253 e. The number of nitrogens with zero attached hydrogens (tertiary/aromatic N) is 2. The van der Waals surface area contributed by atoms with Crippen LogP contribution in [0.5, 0.6) is 0 Å². The number of anilines is 1. The molecule has 3 aromatic carbocycles. The highest BCUT2D eigenvalue weighted by atomic mass is 35.5. The fraction of sp³-hybridized carbons (Fsp3) is 0. The Balaban J connectivity index is 1.55. The molecule has 0 unspecified atom stereocenters. The summed E-state index contributed by atoms with van der Waals surface area (Å²) in [6.07, 6.45) is 1.75. The number of nitrogens with one attached hydrogen (secondary N) is 1. The van der Waals surface area contributed by atoms with Gasteiger partial charge in [0, 0.05) is 16.0 Å². The van der Waals surface area contributed by atoms with Crippen molar-refractivity contribution in [2.24, 2.45) is 5.10 Å². The molecule has 0 atom stereocenters. The van der Waals surface area contributed by atoms with Gasteiger partial charge in [-0.05, 0) is 28.5 Å². The molecule has 0 fully saturated rings. The molecule has 3 nitrogen and oxygen atoms in total. The van der Waals surface area contributed by atoms with Crippen molar-refractivity contribution in [2.75, 3.05) is 5.43 Å². The first-order chi connectivity index (χ1) is 12.3. The maximum Gasteiger partial charge on any atom is 0.203 e. The molecule has 0 spiro atoms. The van der Waals surface area contributed by atoms with E-state index in [2.05, 4.69) is 45.8 Å². The number of hydrogen-bond acceptors (Lipinski definition) is 4. The molecular formula is C20H14ClN3S. The van der Waals surface area contributed by atoms with Crippen LogP contribution in [-0.4, -0.2) is 11.2 Å². The van der Waals surface area contributed by atoms with Crippen LogP contribution < -0.4 is 5.43 Å². The third kappa shape index (κ3) is 3.55. The van der Waals surface area contributed by atoms with Gasteiger partial charge >= 0.3 is 0 Å². The number of rotatable bonds is 4. The van der Waals surface area contributed by atoms with Crippen molar-refractivity contribution in [3.8, 4) is 11.3 Å². The lowest BCUT2D eigenvalue weighted by molar-refractivity contribution is 1.29.